The predicted octanol–water partition coefficient (Wildman–Crippen LogP) is 1.70. The first kappa shape index (κ1) is 14.5. The molecule has 1 rings (SSSR count). The van der Waals surface area contributed by atoms with Crippen molar-refractivity contribution < 1.29 is 14.7 Å². The van der Waals surface area contributed by atoms with Gasteiger partial charge in [-0.25, -0.2) is 4.79 Å². The summed E-state index contributed by atoms with van der Waals surface area (Å²) >= 11 is 0. The maximum Gasteiger partial charge on any atom is 0.323 e. The summed E-state index contributed by atoms with van der Waals surface area (Å²) in [5, 5.41) is 11.7. The van der Waals surface area contributed by atoms with Crippen LogP contribution in [0, 0.1) is 11.8 Å². The number of amides is 2. The average Bonchev–Trinajstić information content (AvgIpc) is 2.60. The molecule has 1 aliphatic carbocycles. The molecular formula is C13H22N2O3. The van der Waals surface area contributed by atoms with Gasteiger partial charge in [0.05, 0.1) is 0 Å². The van der Waals surface area contributed by atoms with Crippen LogP contribution in [0.1, 0.15) is 26.7 Å². The second-order valence-corrected chi connectivity index (χ2v) is 5.03. The summed E-state index contributed by atoms with van der Waals surface area (Å²) in [4.78, 5) is 23.9. The van der Waals surface area contributed by atoms with Crippen molar-refractivity contribution in [3.8, 4) is 0 Å². The quantitative estimate of drug-likeness (QED) is 0.734. The van der Waals surface area contributed by atoms with Gasteiger partial charge in [0.15, 0.2) is 0 Å². The summed E-state index contributed by atoms with van der Waals surface area (Å²) in [7, 11) is 0. The molecule has 1 saturated carbocycles. The third kappa shape index (κ3) is 3.75. The van der Waals surface area contributed by atoms with E-state index in [1.165, 1.54) is 11.0 Å². The lowest BCUT2D eigenvalue weighted by Crippen LogP contribution is -2.47. The Morgan fingerprint density at radius 3 is 2.56 bits per heavy atom. The summed E-state index contributed by atoms with van der Waals surface area (Å²) in [5.74, 6) is 0.0202. The summed E-state index contributed by atoms with van der Waals surface area (Å²) < 4.78 is 0. The molecule has 0 saturated heterocycles. The first-order valence-corrected chi connectivity index (χ1v) is 6.33. The van der Waals surface area contributed by atoms with Gasteiger partial charge in [0.25, 0.3) is 0 Å². The minimum atomic E-state index is -1.01. The number of aliphatic carboxylic acids is 1. The fourth-order valence-corrected chi connectivity index (χ4v) is 2.36. The number of carbonyl (C=O) groups excluding carboxylic acids is 1. The predicted molar refractivity (Wildman–Crippen MR) is 69.3 cm³/mol. The number of carboxylic acids is 1. The molecule has 5 heteroatoms. The van der Waals surface area contributed by atoms with Crippen molar-refractivity contribution in [3.05, 3.63) is 12.7 Å². The molecule has 0 aromatic heterocycles. The Morgan fingerprint density at radius 1 is 1.44 bits per heavy atom. The third-order valence-corrected chi connectivity index (χ3v) is 3.74. The second kappa shape index (κ2) is 6.42. The maximum atomic E-state index is 12.0. The summed E-state index contributed by atoms with van der Waals surface area (Å²) in [6, 6.07) is -0.170. The molecule has 0 aliphatic heterocycles. The smallest absolute Gasteiger partial charge is 0.323 e. The lowest BCUT2D eigenvalue weighted by atomic mass is 9.98. The number of rotatable bonds is 5. The van der Waals surface area contributed by atoms with Crippen LogP contribution in [0.25, 0.3) is 0 Å². The van der Waals surface area contributed by atoms with Crippen LogP contribution in [-0.4, -0.2) is 41.1 Å². The molecule has 1 fully saturated rings. The Hall–Kier alpha value is -1.52. The van der Waals surface area contributed by atoms with Crippen molar-refractivity contribution >= 4 is 12.0 Å². The second-order valence-electron chi connectivity index (χ2n) is 5.03. The molecule has 0 bridgehead atoms. The van der Waals surface area contributed by atoms with Gasteiger partial charge in [-0.2, -0.15) is 0 Å². The number of nitrogens with one attached hydrogen (secondary N) is 1. The van der Waals surface area contributed by atoms with E-state index in [-0.39, 0.29) is 25.2 Å². The lowest BCUT2D eigenvalue weighted by molar-refractivity contribution is -0.137. The van der Waals surface area contributed by atoms with E-state index in [2.05, 4.69) is 25.7 Å². The average molecular weight is 254 g/mol. The number of hydrogen-bond donors (Lipinski definition) is 2. The minimum Gasteiger partial charge on any atom is -0.480 e. The van der Waals surface area contributed by atoms with Crippen LogP contribution in [-0.2, 0) is 4.79 Å². The lowest BCUT2D eigenvalue weighted by Gasteiger charge is -2.25. The SMILES string of the molecule is C=CCN(CC(=O)O)C(=O)NC1CCC(C)C1C. The van der Waals surface area contributed by atoms with E-state index in [9.17, 15) is 9.59 Å². The van der Waals surface area contributed by atoms with Crippen molar-refractivity contribution in [3.63, 3.8) is 0 Å². The molecule has 0 radical (unpaired) electrons. The molecular weight excluding hydrogens is 232 g/mol. The number of nitrogens with zero attached hydrogens (tertiary/aromatic N) is 1. The van der Waals surface area contributed by atoms with Gasteiger partial charge in [-0.1, -0.05) is 19.9 Å². The molecule has 2 amide bonds. The van der Waals surface area contributed by atoms with Gasteiger partial charge >= 0.3 is 12.0 Å². The van der Waals surface area contributed by atoms with E-state index in [4.69, 9.17) is 5.11 Å². The number of carboxylic acid groups (broad SMARTS) is 1. The Kier molecular flexibility index (Phi) is 5.19. The van der Waals surface area contributed by atoms with Crippen LogP contribution < -0.4 is 5.32 Å². The van der Waals surface area contributed by atoms with E-state index in [1.54, 1.807) is 0 Å². The molecule has 5 nitrogen and oxygen atoms in total. The summed E-state index contributed by atoms with van der Waals surface area (Å²) in [6.07, 6.45) is 3.60. The number of urea groups is 1. The van der Waals surface area contributed by atoms with E-state index >= 15 is 0 Å². The Morgan fingerprint density at radius 2 is 2.11 bits per heavy atom. The highest BCUT2D eigenvalue weighted by atomic mass is 16.4. The molecule has 0 spiro atoms. The van der Waals surface area contributed by atoms with Crippen LogP contribution in [0.3, 0.4) is 0 Å². The molecule has 3 unspecified atom stereocenters. The van der Waals surface area contributed by atoms with Crippen LogP contribution in [0.4, 0.5) is 4.79 Å². The zero-order chi connectivity index (χ0) is 13.7. The molecule has 18 heavy (non-hydrogen) atoms. The van der Waals surface area contributed by atoms with Gasteiger partial charge in [0.1, 0.15) is 6.54 Å². The highest BCUT2D eigenvalue weighted by Gasteiger charge is 2.31. The fraction of sp³-hybridized carbons (Fsp3) is 0.692. The molecule has 102 valence electrons. The summed E-state index contributed by atoms with van der Waals surface area (Å²) in [6.45, 7) is 7.78. The number of carbonyl (C=O) groups is 2. The van der Waals surface area contributed by atoms with Gasteiger partial charge in [0.2, 0.25) is 0 Å². The van der Waals surface area contributed by atoms with Gasteiger partial charge in [0, 0.05) is 12.6 Å². The zero-order valence-corrected chi connectivity index (χ0v) is 11.1. The maximum absolute atomic E-state index is 12.0. The minimum absolute atomic E-state index is 0.147. The van der Waals surface area contributed by atoms with Crippen LogP contribution in [0.15, 0.2) is 12.7 Å². The largest absolute Gasteiger partial charge is 0.480 e. The topological polar surface area (TPSA) is 69.6 Å². The van der Waals surface area contributed by atoms with Gasteiger partial charge in [-0.05, 0) is 24.7 Å². The standard InChI is InChI=1S/C13H22N2O3/c1-4-7-15(8-12(16)17)13(18)14-11-6-5-9(2)10(11)3/h4,9-11H,1,5-8H2,2-3H3,(H,14,18)(H,16,17). The van der Waals surface area contributed by atoms with Crippen molar-refractivity contribution in [1.82, 2.24) is 10.2 Å². The molecule has 0 aromatic carbocycles. The Bertz CT molecular complexity index is 330. The van der Waals surface area contributed by atoms with Crippen molar-refractivity contribution in [2.75, 3.05) is 13.1 Å². The Labute approximate surface area is 108 Å². The summed E-state index contributed by atoms with van der Waals surface area (Å²) in [5.41, 5.74) is 0. The normalized spacial score (nSPS) is 26.7. The van der Waals surface area contributed by atoms with Crippen molar-refractivity contribution in [2.24, 2.45) is 11.8 Å². The van der Waals surface area contributed by atoms with Crippen LogP contribution >= 0.6 is 0 Å². The van der Waals surface area contributed by atoms with E-state index in [0.29, 0.717) is 11.8 Å². The van der Waals surface area contributed by atoms with Crippen LogP contribution in [0.2, 0.25) is 0 Å². The fourth-order valence-electron chi connectivity index (χ4n) is 2.36. The monoisotopic (exact) mass is 254 g/mol. The van der Waals surface area contributed by atoms with Crippen LogP contribution in [0.5, 0.6) is 0 Å². The van der Waals surface area contributed by atoms with E-state index < -0.39 is 5.97 Å². The van der Waals surface area contributed by atoms with Crippen molar-refractivity contribution in [2.45, 2.75) is 32.7 Å². The van der Waals surface area contributed by atoms with Gasteiger partial charge < -0.3 is 15.3 Å². The first-order valence-electron chi connectivity index (χ1n) is 6.33. The highest BCUT2D eigenvalue weighted by molar-refractivity contribution is 5.80. The molecule has 2 N–H and O–H groups in total. The molecule has 0 aromatic rings. The van der Waals surface area contributed by atoms with E-state index in [1.807, 2.05) is 0 Å². The van der Waals surface area contributed by atoms with E-state index in [0.717, 1.165) is 12.8 Å². The molecule has 0 heterocycles. The molecule has 1 aliphatic rings. The first-order chi connectivity index (χ1) is 8.45. The molecule has 3 atom stereocenters. The third-order valence-electron chi connectivity index (χ3n) is 3.74. The van der Waals surface area contributed by atoms with Crippen molar-refractivity contribution in [1.29, 1.82) is 0 Å². The van der Waals surface area contributed by atoms with Gasteiger partial charge in [-0.3, -0.25) is 4.79 Å². The van der Waals surface area contributed by atoms with Gasteiger partial charge in [-0.15, -0.1) is 6.58 Å². The highest BCUT2D eigenvalue weighted by Crippen LogP contribution is 2.31. The number of hydrogen-bond acceptors (Lipinski definition) is 2. The zero-order valence-electron chi connectivity index (χ0n) is 11.1. The Balaban J connectivity index is 2.55.